The lowest BCUT2D eigenvalue weighted by Gasteiger charge is -2.24. The highest BCUT2D eigenvalue weighted by molar-refractivity contribution is 5.87. The van der Waals surface area contributed by atoms with Gasteiger partial charge >= 0.3 is 0 Å². The van der Waals surface area contributed by atoms with Crippen molar-refractivity contribution in [3.05, 3.63) is 60.2 Å². The van der Waals surface area contributed by atoms with Gasteiger partial charge in [0.1, 0.15) is 0 Å². The molecule has 2 aromatic rings. The van der Waals surface area contributed by atoms with Gasteiger partial charge < -0.3 is 5.32 Å². The van der Waals surface area contributed by atoms with Crippen molar-refractivity contribution in [3.8, 4) is 11.1 Å². The summed E-state index contributed by atoms with van der Waals surface area (Å²) in [5.41, 5.74) is 2.81. The molecule has 1 amide bonds. The van der Waals surface area contributed by atoms with Crippen molar-refractivity contribution in [2.45, 2.75) is 26.2 Å². The predicted octanol–water partition coefficient (Wildman–Crippen LogP) is 3.77. The first-order chi connectivity index (χ1) is 9.55. The van der Waals surface area contributed by atoms with Gasteiger partial charge in [0.25, 0.3) is 0 Å². The van der Waals surface area contributed by atoms with Crippen LogP contribution in [0.3, 0.4) is 0 Å². The lowest BCUT2D eigenvalue weighted by molar-refractivity contribution is -0.125. The van der Waals surface area contributed by atoms with E-state index in [1.165, 1.54) is 5.56 Å². The van der Waals surface area contributed by atoms with Crippen LogP contribution in [0.1, 0.15) is 26.3 Å². The molecule has 2 rings (SSSR count). The van der Waals surface area contributed by atoms with Gasteiger partial charge in [-0.05, 0) is 37.5 Å². The van der Waals surface area contributed by atoms with Crippen molar-refractivity contribution in [2.75, 3.05) is 6.54 Å². The van der Waals surface area contributed by atoms with Crippen LogP contribution in [0.2, 0.25) is 0 Å². The summed E-state index contributed by atoms with van der Waals surface area (Å²) in [6.45, 7) is 6.51. The minimum absolute atomic E-state index is 0.0604. The molecule has 0 bridgehead atoms. The van der Waals surface area contributed by atoms with E-state index in [-0.39, 0.29) is 5.91 Å². The third-order valence-corrected chi connectivity index (χ3v) is 3.60. The maximum absolute atomic E-state index is 12.2. The normalized spacial score (nSPS) is 11.2. The van der Waals surface area contributed by atoms with Gasteiger partial charge in [0.2, 0.25) is 5.91 Å². The monoisotopic (exact) mass is 267 g/mol. The maximum atomic E-state index is 12.2. The maximum Gasteiger partial charge on any atom is 0.230 e. The summed E-state index contributed by atoms with van der Waals surface area (Å²) in [6.07, 6.45) is 0. The third-order valence-electron chi connectivity index (χ3n) is 3.60. The Morgan fingerprint density at radius 3 is 2.30 bits per heavy atom. The SMILES string of the molecule is CCNC(=O)C(C)(C)c1cccc(-c2ccccc2)c1. The zero-order valence-electron chi connectivity index (χ0n) is 12.3. The second-order valence-corrected chi connectivity index (χ2v) is 5.43. The van der Waals surface area contributed by atoms with Gasteiger partial charge in [-0.15, -0.1) is 0 Å². The van der Waals surface area contributed by atoms with E-state index in [1.54, 1.807) is 0 Å². The second-order valence-electron chi connectivity index (χ2n) is 5.43. The van der Waals surface area contributed by atoms with Crippen LogP contribution in [0.25, 0.3) is 11.1 Å². The van der Waals surface area contributed by atoms with Crippen molar-refractivity contribution >= 4 is 5.91 Å². The highest BCUT2D eigenvalue weighted by Crippen LogP contribution is 2.28. The van der Waals surface area contributed by atoms with Crippen molar-refractivity contribution in [2.24, 2.45) is 0 Å². The molecule has 0 saturated heterocycles. The Morgan fingerprint density at radius 2 is 1.65 bits per heavy atom. The fourth-order valence-electron chi connectivity index (χ4n) is 2.23. The summed E-state index contributed by atoms with van der Waals surface area (Å²) in [5, 5.41) is 2.90. The molecule has 104 valence electrons. The highest BCUT2D eigenvalue weighted by Gasteiger charge is 2.29. The molecule has 0 atom stereocenters. The molecule has 2 aromatic carbocycles. The molecule has 0 aliphatic heterocycles. The Balaban J connectivity index is 2.37. The molecule has 2 nitrogen and oxygen atoms in total. The van der Waals surface area contributed by atoms with E-state index in [2.05, 4.69) is 29.6 Å². The Bertz CT molecular complexity index is 587. The fourth-order valence-corrected chi connectivity index (χ4v) is 2.23. The van der Waals surface area contributed by atoms with Crippen LogP contribution >= 0.6 is 0 Å². The van der Waals surface area contributed by atoms with E-state index in [9.17, 15) is 4.79 Å². The number of amides is 1. The predicted molar refractivity (Wildman–Crippen MR) is 83.6 cm³/mol. The minimum atomic E-state index is -0.527. The lowest BCUT2D eigenvalue weighted by Crippen LogP contribution is -2.39. The zero-order valence-corrected chi connectivity index (χ0v) is 12.3. The van der Waals surface area contributed by atoms with E-state index in [1.807, 2.05) is 51.1 Å². The van der Waals surface area contributed by atoms with Crippen molar-refractivity contribution in [1.29, 1.82) is 0 Å². The summed E-state index contributed by atoms with van der Waals surface area (Å²) in [4.78, 5) is 12.2. The summed E-state index contributed by atoms with van der Waals surface area (Å²) >= 11 is 0. The van der Waals surface area contributed by atoms with Gasteiger partial charge in [0.15, 0.2) is 0 Å². The van der Waals surface area contributed by atoms with E-state index in [0.717, 1.165) is 11.1 Å². The number of hydrogen-bond acceptors (Lipinski definition) is 1. The summed E-state index contributed by atoms with van der Waals surface area (Å²) in [7, 11) is 0. The molecule has 0 spiro atoms. The van der Waals surface area contributed by atoms with Crippen LogP contribution in [-0.4, -0.2) is 12.5 Å². The number of rotatable bonds is 4. The summed E-state index contributed by atoms with van der Waals surface area (Å²) in [5.74, 6) is 0.0604. The lowest BCUT2D eigenvalue weighted by atomic mass is 9.82. The molecule has 0 unspecified atom stereocenters. The van der Waals surface area contributed by atoms with Gasteiger partial charge in [-0.25, -0.2) is 0 Å². The molecule has 0 aromatic heterocycles. The van der Waals surface area contributed by atoms with Gasteiger partial charge in [-0.1, -0.05) is 54.6 Å². The van der Waals surface area contributed by atoms with Crippen molar-refractivity contribution in [3.63, 3.8) is 0 Å². The van der Waals surface area contributed by atoms with Gasteiger partial charge in [-0.2, -0.15) is 0 Å². The molecule has 1 N–H and O–H groups in total. The number of carbonyl (C=O) groups excluding carboxylic acids is 1. The standard InChI is InChI=1S/C18H21NO/c1-4-19-17(20)18(2,3)16-12-8-11-15(13-16)14-9-6-5-7-10-14/h5-13H,4H2,1-3H3,(H,19,20). The quantitative estimate of drug-likeness (QED) is 0.897. The fraction of sp³-hybridized carbons (Fsp3) is 0.278. The molecule has 0 fully saturated rings. The van der Waals surface area contributed by atoms with Crippen molar-refractivity contribution in [1.82, 2.24) is 5.32 Å². The first-order valence-electron chi connectivity index (χ1n) is 7.00. The average molecular weight is 267 g/mol. The molecule has 0 saturated carbocycles. The second kappa shape index (κ2) is 5.91. The summed E-state index contributed by atoms with van der Waals surface area (Å²) < 4.78 is 0. The number of carbonyl (C=O) groups is 1. The van der Waals surface area contributed by atoms with Crippen molar-refractivity contribution < 1.29 is 4.79 Å². The highest BCUT2D eigenvalue weighted by atomic mass is 16.2. The van der Waals surface area contributed by atoms with Crippen LogP contribution in [0.4, 0.5) is 0 Å². The largest absolute Gasteiger partial charge is 0.356 e. The molecule has 2 heteroatoms. The Hall–Kier alpha value is -2.09. The molecular formula is C18H21NO. The molecule has 0 aliphatic carbocycles. The number of benzene rings is 2. The zero-order chi connectivity index (χ0) is 14.6. The van der Waals surface area contributed by atoms with Gasteiger partial charge in [-0.3, -0.25) is 4.79 Å². The number of nitrogens with one attached hydrogen (secondary N) is 1. The Morgan fingerprint density at radius 1 is 1.00 bits per heavy atom. The third kappa shape index (κ3) is 2.90. The molecule has 0 radical (unpaired) electrons. The first-order valence-corrected chi connectivity index (χ1v) is 7.00. The molecular weight excluding hydrogens is 246 g/mol. The van der Waals surface area contributed by atoms with Crippen LogP contribution < -0.4 is 5.32 Å². The van der Waals surface area contributed by atoms with E-state index in [0.29, 0.717) is 6.54 Å². The number of likely N-dealkylation sites (N-methyl/N-ethyl adjacent to an activating group) is 1. The van der Waals surface area contributed by atoms with E-state index < -0.39 is 5.41 Å². The van der Waals surface area contributed by atoms with Crippen LogP contribution in [0.15, 0.2) is 54.6 Å². The Labute approximate surface area is 120 Å². The smallest absolute Gasteiger partial charge is 0.230 e. The van der Waals surface area contributed by atoms with E-state index in [4.69, 9.17) is 0 Å². The Kier molecular flexibility index (Phi) is 4.23. The molecule has 0 heterocycles. The first kappa shape index (κ1) is 14.3. The van der Waals surface area contributed by atoms with E-state index >= 15 is 0 Å². The van der Waals surface area contributed by atoms with Gasteiger partial charge in [0.05, 0.1) is 5.41 Å². The molecule has 0 aliphatic rings. The van der Waals surface area contributed by atoms with Crippen LogP contribution in [0.5, 0.6) is 0 Å². The van der Waals surface area contributed by atoms with Crippen LogP contribution in [0, 0.1) is 0 Å². The van der Waals surface area contributed by atoms with Crippen LogP contribution in [-0.2, 0) is 10.2 Å². The minimum Gasteiger partial charge on any atom is -0.356 e. The molecule has 20 heavy (non-hydrogen) atoms. The average Bonchev–Trinajstić information content (AvgIpc) is 2.48. The summed E-state index contributed by atoms with van der Waals surface area (Å²) in [6, 6.07) is 18.4. The number of hydrogen-bond donors (Lipinski definition) is 1. The topological polar surface area (TPSA) is 29.1 Å². The van der Waals surface area contributed by atoms with Gasteiger partial charge in [0, 0.05) is 6.54 Å².